The Bertz CT molecular complexity index is 1740. The Balaban J connectivity index is 1.85. The molecule has 8 heteroatoms. The van der Waals surface area contributed by atoms with Crippen molar-refractivity contribution in [2.75, 3.05) is 10.8 Å². The third-order valence-electron chi connectivity index (χ3n) is 8.04. The highest BCUT2D eigenvalue weighted by Gasteiger charge is 2.35. The number of aryl methyl sites for hydroxylation is 3. The molecule has 7 nitrogen and oxygen atoms in total. The van der Waals surface area contributed by atoms with Crippen molar-refractivity contribution in [3.8, 4) is 0 Å². The predicted octanol–water partition coefficient (Wildman–Crippen LogP) is 6.28. The summed E-state index contributed by atoms with van der Waals surface area (Å²) >= 11 is 0. The van der Waals surface area contributed by atoms with Crippen molar-refractivity contribution in [3.05, 3.63) is 130 Å². The molecule has 0 fully saturated rings. The number of carbonyl (C=O) groups excluding carboxylic acids is 2. The molecular formula is C37H43N3O4S. The average molecular weight is 626 g/mol. The van der Waals surface area contributed by atoms with Gasteiger partial charge in [-0.1, -0.05) is 84.4 Å². The Morgan fingerprint density at radius 1 is 0.756 bits per heavy atom. The highest BCUT2D eigenvalue weighted by Crippen LogP contribution is 2.29. The maximum absolute atomic E-state index is 14.6. The van der Waals surface area contributed by atoms with Gasteiger partial charge in [-0.25, -0.2) is 8.42 Å². The Labute approximate surface area is 268 Å². The number of nitrogens with zero attached hydrogens (tertiary/aromatic N) is 2. The van der Waals surface area contributed by atoms with E-state index in [2.05, 4.69) is 5.32 Å². The largest absolute Gasteiger partial charge is 0.352 e. The number of benzene rings is 4. The van der Waals surface area contributed by atoms with Gasteiger partial charge in [-0.15, -0.1) is 0 Å². The zero-order valence-corrected chi connectivity index (χ0v) is 27.8. The molecule has 0 unspecified atom stereocenters. The van der Waals surface area contributed by atoms with E-state index in [4.69, 9.17) is 0 Å². The molecule has 2 amide bonds. The van der Waals surface area contributed by atoms with Gasteiger partial charge in [0.15, 0.2) is 0 Å². The fraction of sp³-hybridized carbons (Fsp3) is 0.297. The molecule has 0 aromatic heterocycles. The summed E-state index contributed by atoms with van der Waals surface area (Å²) in [5.74, 6) is -0.773. The van der Waals surface area contributed by atoms with Crippen LogP contribution in [0.5, 0.6) is 0 Å². The molecule has 0 saturated carbocycles. The standard InChI is InChI=1S/C37H43N3O4S/c1-26(2)38-37(42)35(23-31-15-8-7-9-16-31)39(24-32-17-11-10-13-29(32)5)36(41)25-40(34-18-12-14-28(4)30(34)6)45(43,44)33-21-19-27(3)20-22-33/h7-22,26,35H,23-25H2,1-6H3,(H,38,42)/t35-/m1/s1. The number of anilines is 1. The molecule has 0 aliphatic heterocycles. The fourth-order valence-electron chi connectivity index (χ4n) is 5.26. The van der Waals surface area contributed by atoms with Crippen LogP contribution in [0.1, 0.15) is 47.2 Å². The first-order valence-corrected chi connectivity index (χ1v) is 16.7. The van der Waals surface area contributed by atoms with Gasteiger partial charge >= 0.3 is 0 Å². The molecule has 1 N–H and O–H groups in total. The first-order chi connectivity index (χ1) is 21.4. The van der Waals surface area contributed by atoms with Crippen LogP contribution in [0.4, 0.5) is 5.69 Å². The maximum atomic E-state index is 14.6. The van der Waals surface area contributed by atoms with E-state index in [1.54, 1.807) is 36.4 Å². The summed E-state index contributed by atoms with van der Waals surface area (Å²) in [6.45, 7) is 11.0. The monoisotopic (exact) mass is 625 g/mol. The minimum Gasteiger partial charge on any atom is -0.352 e. The molecule has 45 heavy (non-hydrogen) atoms. The first-order valence-electron chi connectivity index (χ1n) is 15.2. The molecule has 0 heterocycles. The second kappa shape index (κ2) is 14.6. The number of sulfonamides is 1. The van der Waals surface area contributed by atoms with Crippen LogP contribution in [-0.4, -0.2) is 43.8 Å². The van der Waals surface area contributed by atoms with Gasteiger partial charge in [-0.2, -0.15) is 0 Å². The zero-order chi connectivity index (χ0) is 32.7. The summed E-state index contributed by atoms with van der Waals surface area (Å²) in [5.41, 5.74) is 5.74. The molecular weight excluding hydrogens is 582 g/mol. The van der Waals surface area contributed by atoms with Crippen LogP contribution in [0.25, 0.3) is 0 Å². The maximum Gasteiger partial charge on any atom is 0.264 e. The van der Waals surface area contributed by atoms with E-state index in [0.29, 0.717) is 5.69 Å². The van der Waals surface area contributed by atoms with Gasteiger partial charge in [-0.05, 0) is 87.6 Å². The zero-order valence-electron chi connectivity index (χ0n) is 26.9. The van der Waals surface area contributed by atoms with E-state index in [-0.39, 0.29) is 29.8 Å². The minimum atomic E-state index is -4.16. The Morgan fingerprint density at radius 2 is 1.38 bits per heavy atom. The van der Waals surface area contributed by atoms with Crippen molar-refractivity contribution < 1.29 is 18.0 Å². The number of nitrogens with one attached hydrogen (secondary N) is 1. The molecule has 4 aromatic rings. The first kappa shape index (κ1) is 33.5. The third-order valence-corrected chi connectivity index (χ3v) is 9.81. The molecule has 0 bridgehead atoms. The lowest BCUT2D eigenvalue weighted by Crippen LogP contribution is -2.54. The highest BCUT2D eigenvalue weighted by molar-refractivity contribution is 7.92. The molecule has 236 valence electrons. The van der Waals surface area contributed by atoms with Gasteiger partial charge in [0.05, 0.1) is 10.6 Å². The summed E-state index contributed by atoms with van der Waals surface area (Å²) < 4.78 is 29.8. The quantitative estimate of drug-likeness (QED) is 0.201. The van der Waals surface area contributed by atoms with Crippen molar-refractivity contribution in [1.29, 1.82) is 0 Å². The SMILES string of the molecule is Cc1ccc(S(=O)(=O)N(CC(=O)N(Cc2ccccc2C)[C@H](Cc2ccccc2)C(=O)NC(C)C)c2cccc(C)c2C)cc1. The second-order valence-electron chi connectivity index (χ2n) is 11.9. The average Bonchev–Trinajstić information content (AvgIpc) is 3.00. The van der Waals surface area contributed by atoms with Gasteiger partial charge in [0.25, 0.3) is 10.0 Å². The van der Waals surface area contributed by atoms with Gasteiger partial charge in [0.1, 0.15) is 12.6 Å². The number of carbonyl (C=O) groups is 2. The predicted molar refractivity (Wildman–Crippen MR) is 181 cm³/mol. The summed E-state index contributed by atoms with van der Waals surface area (Å²) in [5, 5.41) is 3.00. The van der Waals surface area contributed by atoms with Gasteiger partial charge in [0, 0.05) is 19.0 Å². The fourth-order valence-corrected chi connectivity index (χ4v) is 6.73. The van der Waals surface area contributed by atoms with Crippen molar-refractivity contribution in [3.63, 3.8) is 0 Å². The lowest BCUT2D eigenvalue weighted by Gasteiger charge is -2.35. The highest BCUT2D eigenvalue weighted by atomic mass is 32.2. The Morgan fingerprint density at radius 3 is 2.02 bits per heavy atom. The Kier molecular flexibility index (Phi) is 10.8. The van der Waals surface area contributed by atoms with Gasteiger partial charge in [-0.3, -0.25) is 13.9 Å². The molecule has 0 spiro atoms. The minimum absolute atomic E-state index is 0.0886. The number of hydrogen-bond donors (Lipinski definition) is 1. The Hall–Kier alpha value is -4.43. The van der Waals surface area contributed by atoms with E-state index in [1.165, 1.54) is 9.21 Å². The van der Waals surface area contributed by atoms with Crippen molar-refractivity contribution in [1.82, 2.24) is 10.2 Å². The molecule has 0 saturated heterocycles. The van der Waals surface area contributed by atoms with Crippen molar-refractivity contribution in [2.24, 2.45) is 0 Å². The molecule has 0 aliphatic rings. The number of hydrogen-bond acceptors (Lipinski definition) is 4. The van der Waals surface area contributed by atoms with Gasteiger partial charge < -0.3 is 10.2 Å². The van der Waals surface area contributed by atoms with Crippen LogP contribution in [0.3, 0.4) is 0 Å². The van der Waals surface area contributed by atoms with Crippen LogP contribution in [0.15, 0.2) is 102 Å². The topological polar surface area (TPSA) is 86.8 Å². The second-order valence-corrected chi connectivity index (χ2v) is 13.7. The van der Waals surface area contributed by atoms with Crippen LogP contribution in [0.2, 0.25) is 0 Å². The molecule has 1 atom stereocenters. The smallest absolute Gasteiger partial charge is 0.264 e. The van der Waals surface area contributed by atoms with E-state index >= 15 is 0 Å². The lowest BCUT2D eigenvalue weighted by atomic mass is 10.0. The van der Waals surface area contributed by atoms with Crippen LogP contribution >= 0.6 is 0 Å². The summed E-state index contributed by atoms with van der Waals surface area (Å²) in [6, 6.07) is 28.3. The van der Waals surface area contributed by atoms with Crippen molar-refractivity contribution in [2.45, 2.75) is 71.5 Å². The van der Waals surface area contributed by atoms with Crippen LogP contribution < -0.4 is 9.62 Å². The number of rotatable bonds is 12. The summed E-state index contributed by atoms with van der Waals surface area (Å²) in [4.78, 5) is 30.1. The normalized spacial score (nSPS) is 12.1. The molecule has 4 rings (SSSR count). The van der Waals surface area contributed by atoms with Crippen LogP contribution in [0, 0.1) is 27.7 Å². The molecule has 4 aromatic carbocycles. The van der Waals surface area contributed by atoms with E-state index in [9.17, 15) is 18.0 Å². The third kappa shape index (κ3) is 8.19. The summed E-state index contributed by atoms with van der Waals surface area (Å²) in [6.07, 6.45) is 0.269. The lowest BCUT2D eigenvalue weighted by molar-refractivity contribution is -0.140. The number of amides is 2. The van der Waals surface area contributed by atoms with E-state index < -0.39 is 28.5 Å². The van der Waals surface area contributed by atoms with E-state index in [0.717, 1.165) is 33.4 Å². The van der Waals surface area contributed by atoms with Gasteiger partial charge in [0.2, 0.25) is 11.8 Å². The van der Waals surface area contributed by atoms with Crippen molar-refractivity contribution >= 4 is 27.5 Å². The summed E-state index contributed by atoms with van der Waals surface area (Å²) in [7, 11) is -4.16. The molecule has 0 aliphatic carbocycles. The van der Waals surface area contributed by atoms with Crippen LogP contribution in [-0.2, 0) is 32.6 Å². The van der Waals surface area contributed by atoms with E-state index in [1.807, 2.05) is 102 Å². The molecule has 0 radical (unpaired) electrons.